The number of hydrogen-bond donors (Lipinski definition) is 2. The number of Topliss-reactive ketones (excluding diaryl/α,β-unsaturated/α-hetero) is 1. The summed E-state index contributed by atoms with van der Waals surface area (Å²) >= 11 is 0. The zero-order chi connectivity index (χ0) is 40.5. The number of carbonyl (C=O) groups excluding carboxylic acids is 3. The molecular weight excluding hydrogens is 698 g/mol. The van der Waals surface area contributed by atoms with Gasteiger partial charge in [-0.1, -0.05) is 60.6 Å². The fraction of sp³-hybridized carbons (Fsp3) is 0.739. The van der Waals surface area contributed by atoms with Crippen molar-refractivity contribution in [3.8, 4) is 0 Å². The van der Waals surface area contributed by atoms with Crippen molar-refractivity contribution in [2.24, 2.45) is 56.2 Å². The number of benzene rings is 1. The van der Waals surface area contributed by atoms with Crippen LogP contribution in [0.2, 0.25) is 0 Å². The van der Waals surface area contributed by atoms with Crippen molar-refractivity contribution in [3.63, 3.8) is 0 Å². The van der Waals surface area contributed by atoms with Gasteiger partial charge in [0.2, 0.25) is 0 Å². The van der Waals surface area contributed by atoms with Crippen molar-refractivity contribution in [1.29, 1.82) is 0 Å². The lowest BCUT2D eigenvalue weighted by molar-refractivity contribution is -0.235. The number of esters is 2. The Morgan fingerprint density at radius 2 is 1.60 bits per heavy atom. The van der Waals surface area contributed by atoms with Crippen LogP contribution in [0, 0.1) is 62.0 Å². The molecule has 5 aliphatic carbocycles. The van der Waals surface area contributed by atoms with E-state index < -0.39 is 28.9 Å². The Kier molecular flexibility index (Phi) is 10.9. The minimum absolute atomic E-state index is 0.00305. The van der Waals surface area contributed by atoms with E-state index in [1.807, 2.05) is 0 Å². The second-order valence-electron chi connectivity index (χ2n) is 20.4. The zero-order valence-corrected chi connectivity index (χ0v) is 35.0. The number of carboxylic acid groups (broad SMARTS) is 1. The molecule has 2 N–H and O–H groups in total. The predicted octanol–water partition coefficient (Wildman–Crippen LogP) is 9.24. The van der Waals surface area contributed by atoms with Gasteiger partial charge in [-0.15, -0.1) is 0 Å². The number of ether oxygens (including phenoxy) is 2. The molecule has 1 aromatic rings. The molecule has 0 bridgehead atoms. The SMILES string of the molecule is CC(=O)O[C@H](CNCc1ccc(F)cc1)[C@]12CC[C@]3(C)[C@H](CC[C@@H]4[C@@]5(C)CC[C@H](OC(=O)CC(C)(C)C(=O)O)C(C)(C)[C@@H]5CC[C@]43C)C1=C(C(C)C)C(=O)C2. The summed E-state index contributed by atoms with van der Waals surface area (Å²) in [6, 6.07) is 6.41. The molecule has 0 amide bonds. The topological polar surface area (TPSA) is 119 Å². The molecule has 0 aromatic heterocycles. The Hall–Kier alpha value is -3.07. The van der Waals surface area contributed by atoms with E-state index in [4.69, 9.17) is 9.47 Å². The van der Waals surface area contributed by atoms with Gasteiger partial charge >= 0.3 is 17.9 Å². The van der Waals surface area contributed by atoms with Crippen molar-refractivity contribution in [2.75, 3.05) is 6.54 Å². The third-order valence-electron chi connectivity index (χ3n) is 16.4. The number of carboxylic acids is 1. The molecule has 55 heavy (non-hydrogen) atoms. The highest BCUT2D eigenvalue weighted by atomic mass is 19.1. The highest BCUT2D eigenvalue weighted by Gasteiger charge is 2.71. The van der Waals surface area contributed by atoms with Crippen molar-refractivity contribution in [2.45, 2.75) is 152 Å². The van der Waals surface area contributed by atoms with Crippen LogP contribution >= 0.6 is 0 Å². The van der Waals surface area contributed by atoms with Crippen molar-refractivity contribution >= 4 is 23.7 Å². The molecule has 6 rings (SSSR count). The van der Waals surface area contributed by atoms with E-state index in [2.05, 4.69) is 53.8 Å². The van der Waals surface area contributed by atoms with Gasteiger partial charge in [-0.3, -0.25) is 19.2 Å². The van der Waals surface area contributed by atoms with Gasteiger partial charge < -0.3 is 19.9 Å². The van der Waals surface area contributed by atoms with Gasteiger partial charge in [0.05, 0.1) is 11.8 Å². The lowest BCUT2D eigenvalue weighted by Gasteiger charge is -2.72. The number of fused-ring (bicyclic) bond motifs is 7. The molecule has 0 spiro atoms. The zero-order valence-electron chi connectivity index (χ0n) is 35.0. The number of hydrogen-bond acceptors (Lipinski definition) is 7. The molecule has 9 heteroatoms. The molecular formula is C46H66FNO7. The average Bonchev–Trinajstić information content (AvgIpc) is 3.39. The summed E-state index contributed by atoms with van der Waals surface area (Å²) in [5.74, 6) is -0.879. The Morgan fingerprint density at radius 1 is 0.927 bits per heavy atom. The second-order valence-corrected chi connectivity index (χ2v) is 20.4. The summed E-state index contributed by atoms with van der Waals surface area (Å²) in [6.45, 7) is 21.8. The Bertz CT molecular complexity index is 1730. The van der Waals surface area contributed by atoms with E-state index in [1.54, 1.807) is 26.0 Å². The minimum Gasteiger partial charge on any atom is -0.481 e. The van der Waals surface area contributed by atoms with Crippen LogP contribution in [0.4, 0.5) is 4.39 Å². The number of rotatable bonds is 11. The van der Waals surface area contributed by atoms with Gasteiger partial charge in [0.1, 0.15) is 18.0 Å². The molecule has 0 aliphatic heterocycles. The smallest absolute Gasteiger partial charge is 0.309 e. The van der Waals surface area contributed by atoms with Gasteiger partial charge in [0, 0.05) is 37.3 Å². The maximum atomic E-state index is 14.3. The van der Waals surface area contributed by atoms with Gasteiger partial charge in [0.15, 0.2) is 5.78 Å². The van der Waals surface area contributed by atoms with Crippen LogP contribution in [0.5, 0.6) is 0 Å². The van der Waals surface area contributed by atoms with E-state index in [-0.39, 0.29) is 63.6 Å². The summed E-state index contributed by atoms with van der Waals surface area (Å²) in [5, 5.41) is 13.1. The molecule has 8 nitrogen and oxygen atoms in total. The molecule has 0 saturated heterocycles. The van der Waals surface area contributed by atoms with Crippen molar-refractivity contribution in [3.05, 3.63) is 46.8 Å². The third-order valence-corrected chi connectivity index (χ3v) is 16.4. The summed E-state index contributed by atoms with van der Waals surface area (Å²) in [6.07, 6.45) is 6.88. The summed E-state index contributed by atoms with van der Waals surface area (Å²) in [5.41, 5.74) is 1.04. The van der Waals surface area contributed by atoms with Crippen LogP contribution in [0.15, 0.2) is 35.4 Å². The summed E-state index contributed by atoms with van der Waals surface area (Å²) in [7, 11) is 0. The average molecular weight is 764 g/mol. The maximum Gasteiger partial charge on any atom is 0.309 e. The Balaban J connectivity index is 1.30. The van der Waals surface area contributed by atoms with Crippen molar-refractivity contribution in [1.82, 2.24) is 5.32 Å². The van der Waals surface area contributed by atoms with E-state index in [9.17, 15) is 28.7 Å². The monoisotopic (exact) mass is 763 g/mol. The van der Waals surface area contributed by atoms with Crippen LogP contribution in [0.3, 0.4) is 0 Å². The van der Waals surface area contributed by atoms with Crippen LogP contribution < -0.4 is 5.32 Å². The van der Waals surface area contributed by atoms with Crippen LogP contribution in [0.25, 0.3) is 0 Å². The number of aliphatic carboxylic acids is 1. The first-order chi connectivity index (χ1) is 25.5. The quantitative estimate of drug-likeness (QED) is 0.214. The number of carbonyl (C=O) groups is 4. The van der Waals surface area contributed by atoms with Gasteiger partial charge in [-0.05, 0) is 134 Å². The van der Waals surface area contributed by atoms with Crippen LogP contribution in [-0.4, -0.2) is 47.6 Å². The number of halogens is 1. The van der Waals surface area contributed by atoms with Crippen LogP contribution in [0.1, 0.15) is 139 Å². The fourth-order valence-electron chi connectivity index (χ4n) is 13.4. The molecule has 304 valence electrons. The minimum atomic E-state index is -1.18. The largest absolute Gasteiger partial charge is 0.481 e. The third kappa shape index (κ3) is 6.80. The van der Waals surface area contributed by atoms with Gasteiger partial charge in [0.25, 0.3) is 0 Å². The molecule has 0 heterocycles. The molecule has 4 fully saturated rings. The molecule has 5 aliphatic rings. The first kappa shape index (κ1) is 41.6. The molecule has 9 atom stereocenters. The maximum absolute atomic E-state index is 14.3. The number of allylic oxidation sites excluding steroid dienone is 1. The number of ketones is 1. The summed E-state index contributed by atoms with van der Waals surface area (Å²) < 4.78 is 26.0. The van der Waals surface area contributed by atoms with Crippen LogP contribution in [-0.2, 0) is 35.2 Å². The lowest BCUT2D eigenvalue weighted by Crippen LogP contribution is -2.66. The normalized spacial score (nSPS) is 36.0. The van der Waals surface area contributed by atoms with Crippen molar-refractivity contribution < 1.29 is 38.1 Å². The van der Waals surface area contributed by atoms with Gasteiger partial charge in [-0.25, -0.2) is 4.39 Å². The standard InChI is InChI=1S/C46H66FNO7/c1-27(2)38-32(50)23-46(36(54-28(3)49)26-48-25-29-11-13-30(47)14-12-29)22-21-44(9)31(39(38)46)15-16-34-43(8)19-18-35(55-37(51)24-41(4,5)40(52)53)42(6,7)33(43)17-20-45(34,44)10/h11-14,27,31,33-36,48H,15-26H2,1-10H3,(H,52,53)/t31-,33+,34-,35+,36-,43+,44-,45-,46-/m1/s1. The second kappa shape index (κ2) is 14.4. The highest BCUT2D eigenvalue weighted by Crippen LogP contribution is 2.77. The Labute approximate surface area is 328 Å². The molecule has 0 unspecified atom stereocenters. The highest BCUT2D eigenvalue weighted by molar-refractivity contribution is 6.01. The molecule has 0 radical (unpaired) electrons. The number of nitrogens with one attached hydrogen (secondary N) is 1. The van der Waals surface area contributed by atoms with E-state index in [0.29, 0.717) is 31.3 Å². The fourth-order valence-corrected chi connectivity index (χ4v) is 13.4. The first-order valence-electron chi connectivity index (χ1n) is 20.9. The molecule has 4 saturated carbocycles. The van der Waals surface area contributed by atoms with Gasteiger partial charge in [-0.2, -0.15) is 0 Å². The van der Waals surface area contributed by atoms with E-state index in [0.717, 1.165) is 62.5 Å². The van der Waals surface area contributed by atoms with E-state index in [1.165, 1.54) is 24.6 Å². The first-order valence-corrected chi connectivity index (χ1v) is 20.9. The van der Waals surface area contributed by atoms with E-state index >= 15 is 0 Å². The predicted molar refractivity (Wildman–Crippen MR) is 209 cm³/mol. The summed E-state index contributed by atoms with van der Waals surface area (Å²) in [4.78, 5) is 51.9. The Morgan fingerprint density at radius 3 is 2.22 bits per heavy atom. The molecule has 1 aromatic carbocycles. The lowest BCUT2D eigenvalue weighted by atomic mass is 9.33.